The number of likely N-dealkylation sites (tertiary alicyclic amines) is 1. The zero-order valence-corrected chi connectivity index (χ0v) is 9.54. The molecule has 1 fully saturated rings. The highest BCUT2D eigenvalue weighted by molar-refractivity contribution is 5.52. The Balaban J connectivity index is 2.26. The Labute approximate surface area is 87.7 Å². The number of carbonyl (C=O) groups is 1. The first-order valence-corrected chi connectivity index (χ1v) is 5.97. The van der Waals surface area contributed by atoms with Crippen LogP contribution in [0.2, 0.25) is 0 Å². The highest BCUT2D eigenvalue weighted by Crippen LogP contribution is 2.19. The zero-order chi connectivity index (χ0) is 10.4. The first-order valence-electron chi connectivity index (χ1n) is 5.97. The smallest absolute Gasteiger partial charge is 0.122 e. The first-order chi connectivity index (χ1) is 6.77. The summed E-state index contributed by atoms with van der Waals surface area (Å²) in [5.41, 5.74) is 0. The summed E-state index contributed by atoms with van der Waals surface area (Å²) >= 11 is 0. The molecule has 1 aliphatic heterocycles. The second kappa shape index (κ2) is 6.18. The van der Waals surface area contributed by atoms with E-state index >= 15 is 0 Å². The van der Waals surface area contributed by atoms with E-state index in [1.54, 1.807) is 0 Å². The predicted octanol–water partition coefficient (Wildman–Crippen LogP) is 2.48. The van der Waals surface area contributed by atoms with Crippen LogP contribution in [0.5, 0.6) is 0 Å². The topological polar surface area (TPSA) is 20.3 Å². The van der Waals surface area contributed by atoms with Gasteiger partial charge in [0, 0.05) is 12.0 Å². The molecule has 1 aliphatic rings. The van der Waals surface area contributed by atoms with Gasteiger partial charge in [-0.2, -0.15) is 0 Å². The van der Waals surface area contributed by atoms with Gasteiger partial charge in [-0.15, -0.1) is 0 Å². The number of carbonyl (C=O) groups excluding carboxylic acids is 1. The molecule has 0 saturated carbocycles. The third kappa shape index (κ3) is 3.41. The molecule has 0 bridgehead atoms. The summed E-state index contributed by atoms with van der Waals surface area (Å²) in [5, 5.41) is 0. The number of hydrogen-bond acceptors (Lipinski definition) is 2. The van der Waals surface area contributed by atoms with Crippen LogP contribution in [0, 0.1) is 5.92 Å². The summed E-state index contributed by atoms with van der Waals surface area (Å²) in [5.74, 6) is 0.242. The number of hydrogen-bond donors (Lipinski definition) is 0. The standard InChI is InChI=1S/C12H23NO/c1-3-12(7-6-11(2)10-14)13-8-4-5-9-13/h10-12H,3-9H2,1-2H3/t11-,12?/m0/s1. The van der Waals surface area contributed by atoms with Crippen molar-refractivity contribution in [2.75, 3.05) is 13.1 Å². The van der Waals surface area contributed by atoms with Crippen molar-refractivity contribution in [3.8, 4) is 0 Å². The molecular formula is C12H23NO. The molecule has 2 atom stereocenters. The van der Waals surface area contributed by atoms with Crippen LogP contribution in [0.4, 0.5) is 0 Å². The molecule has 14 heavy (non-hydrogen) atoms. The van der Waals surface area contributed by atoms with Crippen LogP contribution in [-0.2, 0) is 4.79 Å². The van der Waals surface area contributed by atoms with E-state index in [0.717, 1.165) is 18.7 Å². The second-order valence-corrected chi connectivity index (χ2v) is 4.50. The molecule has 1 unspecified atom stereocenters. The van der Waals surface area contributed by atoms with E-state index in [4.69, 9.17) is 0 Å². The van der Waals surface area contributed by atoms with Crippen molar-refractivity contribution < 1.29 is 4.79 Å². The van der Waals surface area contributed by atoms with Crippen molar-refractivity contribution in [3.05, 3.63) is 0 Å². The quantitative estimate of drug-likeness (QED) is 0.610. The molecule has 2 heteroatoms. The third-order valence-electron chi connectivity index (χ3n) is 3.32. The predicted molar refractivity (Wildman–Crippen MR) is 59.3 cm³/mol. The van der Waals surface area contributed by atoms with Gasteiger partial charge in [-0.1, -0.05) is 13.8 Å². The van der Waals surface area contributed by atoms with E-state index in [9.17, 15) is 4.79 Å². The fraction of sp³-hybridized carbons (Fsp3) is 0.917. The fourth-order valence-electron chi connectivity index (χ4n) is 2.27. The molecule has 82 valence electrons. The van der Waals surface area contributed by atoms with Crippen molar-refractivity contribution in [2.45, 2.75) is 52.0 Å². The monoisotopic (exact) mass is 197 g/mol. The lowest BCUT2D eigenvalue weighted by atomic mass is 10.0. The third-order valence-corrected chi connectivity index (χ3v) is 3.32. The lowest BCUT2D eigenvalue weighted by Crippen LogP contribution is -2.32. The van der Waals surface area contributed by atoms with Crippen molar-refractivity contribution in [1.29, 1.82) is 0 Å². The fourth-order valence-corrected chi connectivity index (χ4v) is 2.27. The van der Waals surface area contributed by atoms with Crippen LogP contribution in [0.25, 0.3) is 0 Å². The van der Waals surface area contributed by atoms with E-state index in [2.05, 4.69) is 11.8 Å². The highest BCUT2D eigenvalue weighted by atomic mass is 16.1. The normalized spacial score (nSPS) is 22.1. The highest BCUT2D eigenvalue weighted by Gasteiger charge is 2.20. The minimum Gasteiger partial charge on any atom is -0.303 e. The molecule has 0 aliphatic carbocycles. The Morgan fingerprint density at radius 3 is 2.43 bits per heavy atom. The average Bonchev–Trinajstić information content (AvgIpc) is 2.72. The van der Waals surface area contributed by atoms with Gasteiger partial charge in [-0.3, -0.25) is 0 Å². The van der Waals surface area contributed by atoms with E-state index in [1.165, 1.54) is 38.8 Å². The minimum atomic E-state index is 0.242. The molecule has 0 amide bonds. The van der Waals surface area contributed by atoms with E-state index in [1.807, 2.05) is 6.92 Å². The van der Waals surface area contributed by atoms with Crippen molar-refractivity contribution >= 4 is 6.29 Å². The molecule has 0 aromatic rings. The summed E-state index contributed by atoms with van der Waals surface area (Å²) in [6.45, 7) is 6.82. The molecule has 1 saturated heterocycles. The number of rotatable bonds is 6. The lowest BCUT2D eigenvalue weighted by molar-refractivity contribution is -0.110. The first kappa shape index (κ1) is 11.7. The average molecular weight is 197 g/mol. The number of nitrogens with zero attached hydrogens (tertiary/aromatic N) is 1. The van der Waals surface area contributed by atoms with E-state index in [0.29, 0.717) is 0 Å². The Morgan fingerprint density at radius 1 is 1.29 bits per heavy atom. The summed E-state index contributed by atoms with van der Waals surface area (Å²) in [6.07, 6.45) is 7.27. The maximum Gasteiger partial charge on any atom is 0.122 e. The lowest BCUT2D eigenvalue weighted by Gasteiger charge is -2.26. The van der Waals surface area contributed by atoms with Gasteiger partial charge >= 0.3 is 0 Å². The molecule has 0 radical (unpaired) electrons. The van der Waals surface area contributed by atoms with E-state index < -0.39 is 0 Å². The van der Waals surface area contributed by atoms with Gasteiger partial charge in [-0.05, 0) is 45.2 Å². The van der Waals surface area contributed by atoms with Crippen LogP contribution in [0.15, 0.2) is 0 Å². The van der Waals surface area contributed by atoms with Gasteiger partial charge in [0.15, 0.2) is 0 Å². The van der Waals surface area contributed by atoms with Crippen molar-refractivity contribution in [2.24, 2.45) is 5.92 Å². The molecule has 1 rings (SSSR count). The van der Waals surface area contributed by atoms with Crippen LogP contribution >= 0.6 is 0 Å². The zero-order valence-electron chi connectivity index (χ0n) is 9.54. The van der Waals surface area contributed by atoms with Gasteiger partial charge in [0.05, 0.1) is 0 Å². The molecule has 1 heterocycles. The van der Waals surface area contributed by atoms with Crippen LogP contribution in [0.3, 0.4) is 0 Å². The minimum absolute atomic E-state index is 0.242. The van der Waals surface area contributed by atoms with Gasteiger partial charge in [0.1, 0.15) is 6.29 Å². The van der Waals surface area contributed by atoms with Crippen LogP contribution < -0.4 is 0 Å². The van der Waals surface area contributed by atoms with Crippen molar-refractivity contribution in [3.63, 3.8) is 0 Å². The van der Waals surface area contributed by atoms with Gasteiger partial charge < -0.3 is 9.69 Å². The van der Waals surface area contributed by atoms with Gasteiger partial charge in [0.2, 0.25) is 0 Å². The summed E-state index contributed by atoms with van der Waals surface area (Å²) in [7, 11) is 0. The summed E-state index contributed by atoms with van der Waals surface area (Å²) in [4.78, 5) is 13.1. The van der Waals surface area contributed by atoms with Crippen LogP contribution in [-0.4, -0.2) is 30.3 Å². The van der Waals surface area contributed by atoms with Crippen LogP contribution in [0.1, 0.15) is 46.0 Å². The maximum absolute atomic E-state index is 10.5. The molecule has 2 nitrogen and oxygen atoms in total. The summed E-state index contributed by atoms with van der Waals surface area (Å²) < 4.78 is 0. The number of aldehydes is 1. The molecule has 0 aromatic heterocycles. The Bertz CT molecular complexity index is 164. The Morgan fingerprint density at radius 2 is 1.93 bits per heavy atom. The van der Waals surface area contributed by atoms with Gasteiger partial charge in [-0.25, -0.2) is 0 Å². The van der Waals surface area contributed by atoms with Gasteiger partial charge in [0.25, 0.3) is 0 Å². The van der Waals surface area contributed by atoms with Crippen molar-refractivity contribution in [1.82, 2.24) is 4.90 Å². The molecule has 0 aromatic carbocycles. The maximum atomic E-state index is 10.5. The molecular weight excluding hydrogens is 174 g/mol. The Hall–Kier alpha value is -0.370. The molecule has 0 spiro atoms. The second-order valence-electron chi connectivity index (χ2n) is 4.50. The largest absolute Gasteiger partial charge is 0.303 e. The SMILES string of the molecule is CCC(CC[C@H](C)C=O)N1CCCC1. The van der Waals surface area contributed by atoms with E-state index in [-0.39, 0.29) is 5.92 Å². The summed E-state index contributed by atoms with van der Waals surface area (Å²) in [6, 6.07) is 0.722. The molecule has 0 N–H and O–H groups in total. The Kier molecular flexibility index (Phi) is 5.16.